The highest BCUT2D eigenvalue weighted by molar-refractivity contribution is 6.69. The molecule has 2 aromatic heterocycles. The Labute approximate surface area is 663 Å². The molecule has 0 N–H and O–H groups in total. The largest absolute Gasteiger partial charge is 0.511 e. The van der Waals surface area contributed by atoms with Crippen molar-refractivity contribution >= 4 is 39.2 Å². The van der Waals surface area contributed by atoms with Crippen LogP contribution in [0.15, 0.2) is 97.1 Å². The molecule has 8 aromatic rings. The summed E-state index contributed by atoms with van der Waals surface area (Å²) < 4.78 is 63.6. The van der Waals surface area contributed by atoms with Crippen LogP contribution in [0.1, 0.15) is 380 Å². The van der Waals surface area contributed by atoms with E-state index in [1.165, 1.54) is 180 Å². The molecule has 0 saturated heterocycles. The van der Waals surface area contributed by atoms with E-state index < -0.39 is 17.1 Å². The van der Waals surface area contributed by atoms with E-state index in [-0.39, 0.29) is 23.7 Å². The Morgan fingerprint density at radius 3 is 0.600 bits per heavy atom. The molecule has 0 radical (unpaired) electrons. The maximum Gasteiger partial charge on any atom is 0.459 e. The summed E-state index contributed by atoms with van der Waals surface area (Å²) >= 11 is 0. The molecule has 110 heavy (non-hydrogen) atoms. The zero-order valence-corrected chi connectivity index (χ0v) is 70.7. The van der Waals surface area contributed by atoms with Gasteiger partial charge in [-0.25, -0.2) is 19.9 Å². The fraction of sp³-hybridized carbons (Fsp3) is 0.583. The molecule has 16 bridgehead atoms. The number of nitrogens with zero attached hydrogens (tertiary/aromatic N) is 4. The lowest BCUT2D eigenvalue weighted by Gasteiger charge is -2.39. The summed E-state index contributed by atoms with van der Waals surface area (Å²) in [6, 6.07) is 38.2. The van der Waals surface area contributed by atoms with Crippen LogP contribution in [0, 0.1) is 0 Å². The Bertz CT molecular complexity index is 3800. The quantitative estimate of drug-likeness (QED) is 0.0267. The molecule has 592 valence electrons. The molecule has 14 heteroatoms. The summed E-state index contributed by atoms with van der Waals surface area (Å²) in [4.78, 5) is 21.4. The van der Waals surface area contributed by atoms with Crippen molar-refractivity contribution in [2.45, 2.75) is 360 Å². The fourth-order valence-electron chi connectivity index (χ4n) is 18.4. The lowest BCUT2D eigenvalue weighted by molar-refractivity contribution is 0.362. The third kappa shape index (κ3) is 19.5. The third-order valence-electron chi connectivity index (χ3n) is 25.1. The minimum atomic E-state index is -3.37. The Morgan fingerprint density at radius 1 is 0.227 bits per heavy atom. The molecule has 0 fully saturated rings. The van der Waals surface area contributed by atoms with Crippen LogP contribution < -0.4 is 36.7 Å². The van der Waals surface area contributed by atoms with Crippen LogP contribution in [0.2, 0.25) is 24.2 Å². The van der Waals surface area contributed by atoms with Gasteiger partial charge in [-0.3, -0.25) is 0 Å². The van der Waals surface area contributed by atoms with E-state index in [1.54, 1.807) is 0 Å². The molecule has 11 aliphatic heterocycles. The van der Waals surface area contributed by atoms with Crippen LogP contribution in [0.25, 0.3) is 22.1 Å². The van der Waals surface area contributed by atoms with Crippen molar-refractivity contribution in [2.24, 2.45) is 0 Å². The number of hydrogen-bond acceptors (Lipinski definition) is 12. The van der Waals surface area contributed by atoms with Gasteiger partial charge < -0.3 is 36.7 Å². The Kier molecular flexibility index (Phi) is 29.4. The molecule has 20 rings (SSSR count). The normalized spacial score (nSPS) is 17.2. The highest BCUT2D eigenvalue weighted by Gasteiger charge is 2.47. The lowest BCUT2D eigenvalue weighted by atomic mass is 9.76. The summed E-state index contributed by atoms with van der Waals surface area (Å²) in [6.45, 7) is 18.4. The summed E-state index contributed by atoms with van der Waals surface area (Å²) in [5.74, 6) is 6.50. The smallest absolute Gasteiger partial charge is 0.459 e. The number of fused-ring (bicyclic) bond motifs is 4. The molecular formula is C96H132N4O8Si2. The second-order valence-electron chi connectivity index (χ2n) is 33.1. The van der Waals surface area contributed by atoms with Crippen molar-refractivity contribution < 1.29 is 36.7 Å². The average Bonchev–Trinajstić information content (AvgIpc) is 1.07. The molecule has 12 aliphatic rings. The number of ether oxygens (including phenoxy) is 4. The van der Waals surface area contributed by atoms with Crippen molar-refractivity contribution in [1.29, 1.82) is 0 Å². The first-order chi connectivity index (χ1) is 54.1. The minimum Gasteiger partial charge on any atom is -0.511 e. The van der Waals surface area contributed by atoms with Crippen LogP contribution in [0.3, 0.4) is 0 Å². The zero-order chi connectivity index (χ0) is 76.1. The Balaban J connectivity index is 1.11. The van der Waals surface area contributed by atoms with Gasteiger partial charge in [-0.2, -0.15) is 0 Å². The predicted octanol–water partition coefficient (Wildman–Crippen LogP) is 30.4. The molecule has 6 aromatic carbocycles. The Hall–Kier alpha value is -7.17. The molecule has 1 aliphatic carbocycles. The number of rotatable bonds is 44. The van der Waals surface area contributed by atoms with Gasteiger partial charge in [0, 0.05) is 117 Å². The highest BCUT2D eigenvalue weighted by Crippen LogP contribution is 2.59. The average molecular weight is 1530 g/mol. The number of hydrogen-bond donors (Lipinski definition) is 0. The molecule has 0 amide bonds. The van der Waals surface area contributed by atoms with Crippen molar-refractivity contribution in [3.63, 3.8) is 0 Å². The topological polar surface area (TPSA) is 125 Å². The molecule has 12 nitrogen and oxygen atoms in total. The van der Waals surface area contributed by atoms with Gasteiger partial charge in [0.25, 0.3) is 23.5 Å². The van der Waals surface area contributed by atoms with Crippen molar-refractivity contribution in [2.75, 3.05) is 0 Å². The van der Waals surface area contributed by atoms with E-state index in [2.05, 4.69) is 104 Å². The summed E-state index contributed by atoms with van der Waals surface area (Å²) in [6.07, 6.45) is 47.4. The van der Waals surface area contributed by atoms with Crippen LogP contribution in [0.4, 0.5) is 0 Å². The maximum atomic E-state index is 8.28. The number of unbranched alkanes of at least 4 members (excludes halogenated alkanes) is 32. The Morgan fingerprint density at radius 2 is 0.409 bits per heavy atom. The van der Waals surface area contributed by atoms with E-state index in [4.69, 9.17) is 56.6 Å². The van der Waals surface area contributed by atoms with Gasteiger partial charge >= 0.3 is 17.1 Å². The van der Waals surface area contributed by atoms with E-state index in [9.17, 15) is 0 Å². The van der Waals surface area contributed by atoms with Crippen LogP contribution in [-0.2, 0) is 0 Å². The van der Waals surface area contributed by atoms with E-state index in [0.717, 1.165) is 190 Å². The van der Waals surface area contributed by atoms with Gasteiger partial charge in [-0.15, -0.1) is 0 Å². The third-order valence-corrected chi connectivity index (χ3v) is 31.8. The maximum absolute atomic E-state index is 8.28. The standard InChI is InChI=1S/C96H132N4O8Si2/c1-9-17-21-25-29-33-37-41-45-53-69-73-61-77-71(55-47-43-39-35-31-27-23-19-11-3)79-63-75-70(54-46-42-38-34-30-26-22-18-10-2)76-64-80(92-68-88(76)104-96-95(99-83-59-51-52-60-84(83)100-96)103-87(75)67-91(79)107-110(15-7,16-8)108-92)72(56-48-44-40-36-32-28-24-20-12-4)78-62-74(69)86-66-90(78)106-109(13-5,14-6)105-89(77)65-85(73)101-93-94(102-86)98-82-58-50-49-57-81(82)97-93/h49-52,57-72H,9-48,53-56H2,1-8H3. The molecule has 0 saturated carbocycles. The van der Waals surface area contributed by atoms with Crippen molar-refractivity contribution in [1.82, 2.24) is 19.9 Å². The van der Waals surface area contributed by atoms with Crippen molar-refractivity contribution in [3.8, 4) is 69.5 Å². The molecular weight excluding hydrogens is 1390 g/mol. The van der Waals surface area contributed by atoms with Crippen LogP contribution in [0.5, 0.6) is 69.5 Å². The van der Waals surface area contributed by atoms with Gasteiger partial charge in [0.15, 0.2) is 0 Å². The minimum absolute atomic E-state index is 0.191. The van der Waals surface area contributed by atoms with Gasteiger partial charge in [0.2, 0.25) is 0 Å². The molecule has 0 atom stereocenters. The van der Waals surface area contributed by atoms with E-state index in [1.807, 2.05) is 48.5 Å². The summed E-state index contributed by atoms with van der Waals surface area (Å²) in [5, 5.41) is 0. The van der Waals surface area contributed by atoms with Gasteiger partial charge in [0.1, 0.15) is 46.0 Å². The van der Waals surface area contributed by atoms with Gasteiger partial charge in [-0.1, -0.05) is 311 Å². The van der Waals surface area contributed by atoms with Gasteiger partial charge in [-0.05, 0) is 74.2 Å². The van der Waals surface area contributed by atoms with E-state index >= 15 is 0 Å². The fourth-order valence-corrected chi connectivity index (χ4v) is 22.9. The first kappa shape index (κ1) is 80.9. The number of benzene rings is 6. The van der Waals surface area contributed by atoms with Crippen LogP contribution >= 0.6 is 0 Å². The SMILES string of the molecule is CCCCCCCCCCCC1c2cc3c4cc2Oc2nc5ccccc5nc2Oc2cc(c(cc21)C(CCCCCCCCCCC)c1cc2c5cc1O[Si](CC)(CC)Oc1cc(c(cc1C3CCCCCCCCCCC)C2CCCCCCCCCCC)Oc1nc2ccccc2nc1O5)O[Si](CC)(CC)O4. The monoisotopic (exact) mass is 1520 g/mol. The number of aromatic nitrogens is 4. The lowest BCUT2D eigenvalue weighted by Crippen LogP contribution is -2.48. The first-order valence-corrected chi connectivity index (χ1v) is 49.3. The number of para-hydroxylation sites is 4. The summed E-state index contributed by atoms with van der Waals surface area (Å²) in [5.41, 5.74) is 11.9. The highest BCUT2D eigenvalue weighted by atomic mass is 28.4. The second kappa shape index (κ2) is 40.0. The van der Waals surface area contributed by atoms with Crippen molar-refractivity contribution in [3.05, 3.63) is 142 Å². The molecule has 13 heterocycles. The summed E-state index contributed by atoms with van der Waals surface area (Å²) in [7, 11) is -6.74. The zero-order valence-electron chi connectivity index (χ0n) is 68.7. The molecule has 0 unspecified atom stereocenters. The van der Waals surface area contributed by atoms with E-state index in [0.29, 0.717) is 47.7 Å². The second-order valence-corrected chi connectivity index (χ2v) is 40.4. The first-order valence-electron chi connectivity index (χ1n) is 44.8. The molecule has 0 spiro atoms. The van der Waals surface area contributed by atoms with Gasteiger partial charge in [0.05, 0.1) is 22.1 Å². The van der Waals surface area contributed by atoms with Crippen LogP contribution in [-0.4, -0.2) is 37.1 Å². The predicted molar refractivity (Wildman–Crippen MR) is 456 cm³/mol.